The SMILES string of the molecule is CCCCCCCCCCCCCCCCCCCCCCC/C=C/CC/C=C/CC/C=C/C(O)C(COC1OC(CO)C(OC2OC(CO)C(OC3OC(CO)C(O)C(O)C3O)C(O)C2O)C(O)C1O)NC(=O)CCCCCCCCCCCC. The van der Waals surface area contributed by atoms with Gasteiger partial charge in [-0.2, -0.15) is 0 Å². The maximum Gasteiger partial charge on any atom is 0.220 e. The molecule has 17 atom stereocenters. The molecule has 17 unspecified atom stereocenters. The summed E-state index contributed by atoms with van der Waals surface area (Å²) < 4.78 is 34.2. The summed E-state index contributed by atoms with van der Waals surface area (Å²) in [6.07, 6.45) is 30.3. The molecule has 0 saturated carbocycles. The summed E-state index contributed by atoms with van der Waals surface area (Å²) in [5.41, 5.74) is 0. The van der Waals surface area contributed by atoms with Crippen LogP contribution in [0.5, 0.6) is 0 Å². The van der Waals surface area contributed by atoms with Crippen molar-refractivity contribution >= 4 is 5.91 Å². The van der Waals surface area contributed by atoms with Crippen LogP contribution in [0.4, 0.5) is 0 Å². The zero-order chi connectivity index (χ0) is 62.6. The zero-order valence-corrected chi connectivity index (χ0v) is 53.0. The molecule has 86 heavy (non-hydrogen) atoms. The Morgan fingerprint density at radius 3 is 1.16 bits per heavy atom. The van der Waals surface area contributed by atoms with Gasteiger partial charge in [0.15, 0.2) is 18.9 Å². The van der Waals surface area contributed by atoms with Crippen molar-refractivity contribution in [2.45, 2.75) is 356 Å². The Balaban J connectivity index is 1.39. The van der Waals surface area contributed by atoms with E-state index in [9.17, 15) is 61.0 Å². The van der Waals surface area contributed by atoms with Gasteiger partial charge in [0.05, 0.1) is 38.6 Å². The second kappa shape index (κ2) is 49.7. The van der Waals surface area contributed by atoms with Crippen LogP contribution in [0.1, 0.15) is 251 Å². The minimum absolute atomic E-state index is 0.234. The van der Waals surface area contributed by atoms with Gasteiger partial charge in [0.2, 0.25) is 5.91 Å². The molecule has 504 valence electrons. The second-order valence-corrected chi connectivity index (χ2v) is 24.6. The Hall–Kier alpha value is -1.99. The number of amides is 1. The van der Waals surface area contributed by atoms with Crippen molar-refractivity contribution in [3.63, 3.8) is 0 Å². The smallest absolute Gasteiger partial charge is 0.220 e. The number of allylic oxidation sites excluding steroid dienone is 5. The number of rotatable bonds is 52. The molecule has 12 N–H and O–H groups in total. The molecule has 19 heteroatoms. The fourth-order valence-electron chi connectivity index (χ4n) is 11.6. The Morgan fingerprint density at radius 1 is 0.407 bits per heavy atom. The van der Waals surface area contributed by atoms with Gasteiger partial charge >= 0.3 is 0 Å². The van der Waals surface area contributed by atoms with E-state index in [2.05, 4.69) is 43.5 Å². The van der Waals surface area contributed by atoms with Crippen LogP contribution < -0.4 is 5.32 Å². The molecule has 0 bridgehead atoms. The van der Waals surface area contributed by atoms with Crippen molar-refractivity contribution < 1.29 is 89.4 Å². The number of unbranched alkanes of at least 4 members (excludes halogenated alkanes) is 32. The van der Waals surface area contributed by atoms with Crippen molar-refractivity contribution in [3.8, 4) is 0 Å². The van der Waals surface area contributed by atoms with Gasteiger partial charge in [-0.15, -0.1) is 0 Å². The third kappa shape index (κ3) is 31.8. The molecule has 0 aromatic carbocycles. The van der Waals surface area contributed by atoms with E-state index in [-0.39, 0.29) is 18.9 Å². The van der Waals surface area contributed by atoms with E-state index in [0.29, 0.717) is 12.8 Å². The van der Waals surface area contributed by atoms with E-state index in [1.807, 2.05) is 6.08 Å². The van der Waals surface area contributed by atoms with E-state index in [1.165, 1.54) is 173 Å². The van der Waals surface area contributed by atoms with Gasteiger partial charge in [-0.1, -0.05) is 237 Å². The second-order valence-electron chi connectivity index (χ2n) is 24.6. The molecule has 0 aromatic heterocycles. The van der Waals surface area contributed by atoms with E-state index < -0.39 is 124 Å². The third-order valence-corrected chi connectivity index (χ3v) is 17.2. The third-order valence-electron chi connectivity index (χ3n) is 17.2. The van der Waals surface area contributed by atoms with Crippen LogP contribution >= 0.6 is 0 Å². The van der Waals surface area contributed by atoms with E-state index in [1.54, 1.807) is 6.08 Å². The topological polar surface area (TPSA) is 307 Å². The fraction of sp³-hybridized carbons (Fsp3) is 0.896. The molecular weight excluding hydrogens is 1110 g/mol. The normalized spacial score (nSPS) is 29.0. The van der Waals surface area contributed by atoms with Crippen molar-refractivity contribution in [3.05, 3.63) is 36.5 Å². The molecular formula is C67H123NO18. The minimum atomic E-state index is -1.98. The molecule has 0 aliphatic carbocycles. The summed E-state index contributed by atoms with van der Waals surface area (Å²) in [4.78, 5) is 13.3. The lowest BCUT2D eigenvalue weighted by Crippen LogP contribution is -2.66. The molecule has 0 aromatic rings. The highest BCUT2D eigenvalue weighted by Crippen LogP contribution is 2.33. The number of carbonyl (C=O) groups excluding carboxylic acids is 1. The predicted octanol–water partition coefficient (Wildman–Crippen LogP) is 8.44. The number of aliphatic hydroxyl groups is 11. The van der Waals surface area contributed by atoms with Crippen LogP contribution in [0.3, 0.4) is 0 Å². The van der Waals surface area contributed by atoms with Gasteiger partial charge < -0.3 is 89.9 Å². The minimum Gasteiger partial charge on any atom is -0.394 e. The van der Waals surface area contributed by atoms with Gasteiger partial charge in [0.1, 0.15) is 73.2 Å². The first-order valence-electron chi connectivity index (χ1n) is 34.2. The molecule has 3 saturated heterocycles. The lowest BCUT2D eigenvalue weighted by Gasteiger charge is -2.48. The molecule has 3 heterocycles. The molecule has 1 amide bonds. The monoisotopic (exact) mass is 1230 g/mol. The summed E-state index contributed by atoms with van der Waals surface area (Å²) in [5.74, 6) is -0.291. The molecule has 3 rings (SSSR count). The molecule has 3 aliphatic rings. The number of ether oxygens (including phenoxy) is 6. The Kier molecular flexibility index (Phi) is 45.2. The number of carbonyl (C=O) groups is 1. The number of hydrogen-bond acceptors (Lipinski definition) is 18. The highest BCUT2D eigenvalue weighted by atomic mass is 16.8. The highest BCUT2D eigenvalue weighted by molar-refractivity contribution is 5.76. The summed E-state index contributed by atoms with van der Waals surface area (Å²) in [6, 6.07) is -0.993. The summed E-state index contributed by atoms with van der Waals surface area (Å²) in [7, 11) is 0. The van der Waals surface area contributed by atoms with Crippen molar-refractivity contribution in [2.75, 3.05) is 26.4 Å². The van der Waals surface area contributed by atoms with Crippen LogP contribution in [-0.4, -0.2) is 193 Å². The molecule has 3 fully saturated rings. The Bertz CT molecular complexity index is 1710. The first kappa shape index (κ1) is 78.3. The van der Waals surface area contributed by atoms with Crippen LogP contribution in [-0.2, 0) is 33.2 Å². The van der Waals surface area contributed by atoms with Gasteiger partial charge in [-0.05, 0) is 44.9 Å². The lowest BCUT2D eigenvalue weighted by atomic mass is 9.96. The van der Waals surface area contributed by atoms with Gasteiger partial charge in [-0.25, -0.2) is 0 Å². The molecule has 3 aliphatic heterocycles. The van der Waals surface area contributed by atoms with Gasteiger partial charge in [-0.3, -0.25) is 4.79 Å². The van der Waals surface area contributed by atoms with Crippen molar-refractivity contribution in [2.24, 2.45) is 0 Å². The zero-order valence-electron chi connectivity index (χ0n) is 53.0. The van der Waals surface area contributed by atoms with Crippen molar-refractivity contribution in [1.29, 1.82) is 0 Å². The maximum atomic E-state index is 13.3. The van der Waals surface area contributed by atoms with E-state index in [4.69, 9.17) is 28.4 Å². The summed E-state index contributed by atoms with van der Waals surface area (Å²) >= 11 is 0. The number of nitrogens with one attached hydrogen (secondary N) is 1. The van der Waals surface area contributed by atoms with Crippen molar-refractivity contribution in [1.82, 2.24) is 5.32 Å². The first-order valence-corrected chi connectivity index (χ1v) is 34.2. The molecule has 0 radical (unpaired) electrons. The van der Waals surface area contributed by atoms with E-state index >= 15 is 0 Å². The first-order chi connectivity index (χ1) is 41.8. The van der Waals surface area contributed by atoms with Gasteiger partial charge in [0.25, 0.3) is 0 Å². The van der Waals surface area contributed by atoms with Crippen LogP contribution in [0, 0.1) is 0 Å². The van der Waals surface area contributed by atoms with E-state index in [0.717, 1.165) is 44.9 Å². The summed E-state index contributed by atoms with van der Waals surface area (Å²) in [6.45, 7) is 1.69. The van der Waals surface area contributed by atoms with Crippen LogP contribution in [0.2, 0.25) is 0 Å². The quantitative estimate of drug-likeness (QED) is 0.0201. The highest BCUT2D eigenvalue weighted by Gasteiger charge is 2.53. The average molecular weight is 1230 g/mol. The average Bonchev–Trinajstić information content (AvgIpc) is 1.67. The summed E-state index contributed by atoms with van der Waals surface area (Å²) in [5, 5.41) is 120. The standard InChI is InChI=1S/C67H123NO18/c1-3-5-7-9-11-13-15-16-17-18-19-20-21-22-23-24-25-26-27-28-29-30-31-32-33-34-35-36-38-40-42-44-51(72)50(68-55(73)45-43-41-39-37-14-12-10-8-6-4-2)49-81-65-61(79)58(76)63(53(47-70)83-65)86-67-62(80)59(77)64(54(48-71)84-67)85-66-60(78)57(75)56(74)52(46-69)82-66/h31-32,35-36,42,44,50-54,56-67,69-72,74-80H,3-30,33-34,37-41,43,45-49H2,1-2H3,(H,68,73)/b32-31+,36-35+,44-42+. The Labute approximate surface area is 517 Å². The Morgan fingerprint density at radius 2 is 0.744 bits per heavy atom. The largest absolute Gasteiger partial charge is 0.394 e. The lowest BCUT2D eigenvalue weighted by molar-refractivity contribution is -0.379. The fourth-order valence-corrected chi connectivity index (χ4v) is 11.6. The maximum absolute atomic E-state index is 13.3. The number of aliphatic hydroxyl groups excluding tert-OH is 11. The molecule has 19 nitrogen and oxygen atoms in total. The number of hydrogen-bond donors (Lipinski definition) is 12. The van der Waals surface area contributed by atoms with Crippen LogP contribution in [0.25, 0.3) is 0 Å². The van der Waals surface area contributed by atoms with Crippen LogP contribution in [0.15, 0.2) is 36.5 Å². The predicted molar refractivity (Wildman–Crippen MR) is 333 cm³/mol. The van der Waals surface area contributed by atoms with Gasteiger partial charge in [0, 0.05) is 6.42 Å². The molecule has 0 spiro atoms.